The highest BCUT2D eigenvalue weighted by atomic mass is 79.9. The van der Waals surface area contributed by atoms with Gasteiger partial charge in [0, 0.05) is 0 Å². The minimum absolute atomic E-state index is 0.262. The summed E-state index contributed by atoms with van der Waals surface area (Å²) in [5.74, 6) is 0.268. The first-order valence-electron chi connectivity index (χ1n) is 6.08. The lowest BCUT2D eigenvalue weighted by atomic mass is 10.3. The smallest absolute Gasteiger partial charge is 0.184 e. The molecule has 1 aromatic heterocycles. The lowest BCUT2D eigenvalue weighted by molar-refractivity contribution is 0.581. The number of nitriles is 1. The highest BCUT2D eigenvalue weighted by Gasteiger charge is 2.28. The largest absolute Gasteiger partial charge is 0.272 e. The standard InChI is InChI=1S/C12H10BrFN6/c13-10-5-9(3-4-11(10)14)19(7-15)6-12-16-17-18-20(12)8-1-2-8/h3-5,8H,1-2,6H2. The van der Waals surface area contributed by atoms with Gasteiger partial charge in [0.05, 0.1) is 22.7 Å². The van der Waals surface area contributed by atoms with Crippen LogP contribution in [0.1, 0.15) is 24.7 Å². The second-order valence-electron chi connectivity index (χ2n) is 4.56. The van der Waals surface area contributed by atoms with Crippen LogP contribution < -0.4 is 4.90 Å². The van der Waals surface area contributed by atoms with Crippen LogP contribution in [0.2, 0.25) is 0 Å². The number of hydrogen-bond donors (Lipinski definition) is 0. The SMILES string of the molecule is N#CN(Cc1nnnn1C1CC1)c1ccc(F)c(Br)c1. The zero-order valence-corrected chi connectivity index (χ0v) is 12.0. The van der Waals surface area contributed by atoms with E-state index in [9.17, 15) is 9.65 Å². The first kappa shape index (κ1) is 13.0. The fourth-order valence-corrected chi connectivity index (χ4v) is 2.26. The number of hydrogen-bond acceptors (Lipinski definition) is 5. The summed E-state index contributed by atoms with van der Waals surface area (Å²) in [4.78, 5) is 1.43. The van der Waals surface area contributed by atoms with E-state index in [0.29, 0.717) is 22.0 Å². The fraction of sp³-hybridized carbons (Fsp3) is 0.333. The minimum atomic E-state index is -0.366. The van der Waals surface area contributed by atoms with Crippen molar-refractivity contribution in [1.82, 2.24) is 20.2 Å². The van der Waals surface area contributed by atoms with E-state index in [1.54, 1.807) is 16.8 Å². The molecule has 0 spiro atoms. The first-order chi connectivity index (χ1) is 9.69. The zero-order chi connectivity index (χ0) is 14.1. The molecule has 3 rings (SSSR count). The highest BCUT2D eigenvalue weighted by Crippen LogP contribution is 2.34. The Morgan fingerprint density at radius 1 is 1.50 bits per heavy atom. The molecule has 0 unspecified atom stereocenters. The van der Waals surface area contributed by atoms with Gasteiger partial charge in [0.15, 0.2) is 12.0 Å². The Balaban J connectivity index is 1.84. The molecule has 1 fully saturated rings. The predicted octanol–water partition coefficient (Wildman–Crippen LogP) is 2.40. The van der Waals surface area contributed by atoms with Crippen molar-refractivity contribution < 1.29 is 4.39 Å². The normalized spacial score (nSPS) is 14.1. The van der Waals surface area contributed by atoms with Crippen molar-refractivity contribution in [3.05, 3.63) is 34.3 Å². The fourth-order valence-electron chi connectivity index (χ4n) is 1.90. The van der Waals surface area contributed by atoms with E-state index in [4.69, 9.17) is 0 Å². The summed E-state index contributed by atoms with van der Waals surface area (Å²) in [6, 6.07) is 4.77. The van der Waals surface area contributed by atoms with Gasteiger partial charge >= 0.3 is 0 Å². The Hall–Kier alpha value is -2.01. The van der Waals surface area contributed by atoms with Gasteiger partial charge in [0.25, 0.3) is 0 Å². The van der Waals surface area contributed by atoms with Gasteiger partial charge in [-0.05, 0) is 57.4 Å². The van der Waals surface area contributed by atoms with E-state index in [1.807, 2.05) is 0 Å². The quantitative estimate of drug-likeness (QED) is 0.633. The molecule has 0 atom stereocenters. The molecular formula is C12H10BrFN6. The van der Waals surface area contributed by atoms with Crippen LogP contribution >= 0.6 is 15.9 Å². The molecule has 8 heteroatoms. The molecule has 0 aliphatic heterocycles. The number of benzene rings is 1. The molecule has 0 saturated heterocycles. The Morgan fingerprint density at radius 3 is 2.95 bits per heavy atom. The number of aromatic nitrogens is 4. The molecule has 2 aromatic rings. The van der Waals surface area contributed by atoms with E-state index >= 15 is 0 Å². The van der Waals surface area contributed by atoms with Gasteiger partial charge in [-0.25, -0.2) is 9.07 Å². The summed E-state index contributed by atoms with van der Waals surface area (Å²) < 4.78 is 15.3. The average molecular weight is 337 g/mol. The van der Waals surface area contributed by atoms with Crippen LogP contribution in [0.3, 0.4) is 0 Å². The third-order valence-electron chi connectivity index (χ3n) is 3.09. The highest BCUT2D eigenvalue weighted by molar-refractivity contribution is 9.10. The van der Waals surface area contributed by atoms with Gasteiger partial charge in [0.1, 0.15) is 5.82 Å². The lowest BCUT2D eigenvalue weighted by Crippen LogP contribution is -2.19. The Morgan fingerprint density at radius 2 is 2.30 bits per heavy atom. The second-order valence-corrected chi connectivity index (χ2v) is 5.41. The first-order valence-corrected chi connectivity index (χ1v) is 6.87. The molecule has 1 aliphatic carbocycles. The molecule has 102 valence electrons. The monoisotopic (exact) mass is 336 g/mol. The maximum absolute atomic E-state index is 13.2. The summed E-state index contributed by atoms with van der Waals surface area (Å²) in [6.45, 7) is 0.262. The molecule has 0 amide bonds. The Bertz CT molecular complexity index is 675. The minimum Gasteiger partial charge on any atom is -0.272 e. The van der Waals surface area contributed by atoms with Gasteiger partial charge in [-0.2, -0.15) is 5.26 Å². The third-order valence-corrected chi connectivity index (χ3v) is 3.70. The van der Waals surface area contributed by atoms with Crippen LogP contribution in [-0.2, 0) is 6.54 Å². The van der Waals surface area contributed by atoms with Crippen LogP contribution in [0.4, 0.5) is 10.1 Å². The van der Waals surface area contributed by atoms with Crippen molar-refractivity contribution in [2.24, 2.45) is 0 Å². The molecule has 6 nitrogen and oxygen atoms in total. The second kappa shape index (κ2) is 5.17. The van der Waals surface area contributed by atoms with E-state index in [-0.39, 0.29) is 12.4 Å². The Labute approximate surface area is 122 Å². The summed E-state index contributed by atoms with van der Waals surface area (Å²) >= 11 is 3.11. The summed E-state index contributed by atoms with van der Waals surface area (Å²) in [6.07, 6.45) is 4.20. The average Bonchev–Trinajstić information content (AvgIpc) is 3.19. The van der Waals surface area contributed by atoms with Gasteiger partial charge in [-0.3, -0.25) is 4.90 Å². The van der Waals surface area contributed by atoms with E-state index in [2.05, 4.69) is 37.6 Å². The van der Waals surface area contributed by atoms with Crippen molar-refractivity contribution in [3.63, 3.8) is 0 Å². The van der Waals surface area contributed by atoms with Crippen LogP contribution in [-0.4, -0.2) is 20.2 Å². The van der Waals surface area contributed by atoms with Crippen LogP contribution in [0.15, 0.2) is 22.7 Å². The molecule has 1 saturated carbocycles. The van der Waals surface area contributed by atoms with Gasteiger partial charge in [0.2, 0.25) is 0 Å². The third kappa shape index (κ3) is 2.49. The molecule has 0 N–H and O–H groups in total. The molecular weight excluding hydrogens is 327 g/mol. The van der Waals surface area contributed by atoms with Gasteiger partial charge in [-0.15, -0.1) is 5.10 Å². The maximum atomic E-state index is 13.2. The van der Waals surface area contributed by atoms with Crippen molar-refractivity contribution in [2.45, 2.75) is 25.4 Å². The van der Waals surface area contributed by atoms with Crippen molar-refractivity contribution in [2.75, 3.05) is 4.90 Å². The molecule has 20 heavy (non-hydrogen) atoms. The Kier molecular flexibility index (Phi) is 3.36. The maximum Gasteiger partial charge on any atom is 0.184 e. The summed E-state index contributed by atoms with van der Waals surface area (Å²) in [5, 5.41) is 20.8. The number of rotatable bonds is 4. The molecule has 1 aliphatic rings. The van der Waals surface area contributed by atoms with Crippen LogP contribution in [0.5, 0.6) is 0 Å². The van der Waals surface area contributed by atoms with Gasteiger partial charge < -0.3 is 0 Å². The lowest BCUT2D eigenvalue weighted by Gasteiger charge is -2.15. The van der Waals surface area contributed by atoms with E-state index in [1.165, 1.54) is 11.0 Å². The predicted molar refractivity (Wildman–Crippen MR) is 72.0 cm³/mol. The van der Waals surface area contributed by atoms with Crippen molar-refractivity contribution in [3.8, 4) is 6.19 Å². The van der Waals surface area contributed by atoms with E-state index in [0.717, 1.165) is 12.8 Å². The van der Waals surface area contributed by atoms with Crippen LogP contribution in [0, 0.1) is 17.3 Å². The number of halogens is 2. The zero-order valence-electron chi connectivity index (χ0n) is 10.4. The molecule has 1 heterocycles. The topological polar surface area (TPSA) is 70.6 Å². The van der Waals surface area contributed by atoms with Crippen LogP contribution in [0.25, 0.3) is 0 Å². The summed E-state index contributed by atoms with van der Waals surface area (Å²) in [5.41, 5.74) is 0.589. The van der Waals surface area contributed by atoms with E-state index < -0.39 is 0 Å². The number of tetrazole rings is 1. The summed E-state index contributed by atoms with van der Waals surface area (Å²) in [7, 11) is 0. The number of anilines is 1. The molecule has 0 radical (unpaired) electrons. The van der Waals surface area contributed by atoms with Crippen molar-refractivity contribution >= 4 is 21.6 Å². The van der Waals surface area contributed by atoms with Crippen molar-refractivity contribution in [1.29, 1.82) is 5.26 Å². The van der Waals surface area contributed by atoms with Gasteiger partial charge in [-0.1, -0.05) is 0 Å². The molecule has 0 bridgehead atoms. The number of nitrogens with zero attached hydrogens (tertiary/aromatic N) is 6. The molecule has 1 aromatic carbocycles.